The van der Waals surface area contributed by atoms with Crippen molar-refractivity contribution >= 4 is 44.6 Å². The molecular weight excluding hydrogens is 448 g/mol. The van der Waals surface area contributed by atoms with Crippen molar-refractivity contribution in [1.82, 2.24) is 9.62 Å². The zero-order valence-corrected chi connectivity index (χ0v) is 20.0. The zero-order valence-electron chi connectivity index (χ0n) is 18.4. The molecule has 2 aromatic rings. The molecule has 32 heavy (non-hydrogen) atoms. The third-order valence-electron chi connectivity index (χ3n) is 4.90. The van der Waals surface area contributed by atoms with Gasteiger partial charge in [0.25, 0.3) is 5.91 Å². The Morgan fingerprint density at radius 1 is 1.06 bits per heavy atom. The van der Waals surface area contributed by atoms with Crippen LogP contribution in [0.15, 0.2) is 48.5 Å². The molecule has 2 N–H and O–H groups in total. The van der Waals surface area contributed by atoms with Gasteiger partial charge in [-0.05, 0) is 56.4 Å². The molecule has 10 heteroatoms. The fraction of sp³-hybridized carbons (Fsp3) is 0.364. The smallest absolute Gasteiger partial charge is 0.257 e. The van der Waals surface area contributed by atoms with Gasteiger partial charge in [0.05, 0.1) is 23.7 Å². The van der Waals surface area contributed by atoms with Crippen LogP contribution in [0.5, 0.6) is 5.75 Å². The SMILES string of the molecule is CC(C)Oc1cccc(C(=O)NC(=S)Nc2ccccc2N2CCN(S(C)(=O)=O)CC2)c1. The van der Waals surface area contributed by atoms with E-state index in [4.69, 9.17) is 17.0 Å². The Morgan fingerprint density at radius 3 is 2.41 bits per heavy atom. The lowest BCUT2D eigenvalue weighted by atomic mass is 10.2. The Bertz CT molecular complexity index is 1080. The largest absolute Gasteiger partial charge is 0.491 e. The lowest BCUT2D eigenvalue weighted by Crippen LogP contribution is -2.48. The molecule has 0 radical (unpaired) electrons. The minimum atomic E-state index is -3.20. The van der Waals surface area contributed by atoms with Crippen molar-refractivity contribution < 1.29 is 17.9 Å². The maximum absolute atomic E-state index is 12.6. The van der Waals surface area contributed by atoms with E-state index < -0.39 is 10.0 Å². The number of carbonyl (C=O) groups is 1. The molecule has 0 atom stereocenters. The van der Waals surface area contributed by atoms with E-state index in [9.17, 15) is 13.2 Å². The van der Waals surface area contributed by atoms with Gasteiger partial charge >= 0.3 is 0 Å². The average molecular weight is 477 g/mol. The Balaban J connectivity index is 1.65. The van der Waals surface area contributed by atoms with Crippen LogP contribution >= 0.6 is 12.2 Å². The van der Waals surface area contributed by atoms with Crippen LogP contribution in [0, 0.1) is 0 Å². The summed E-state index contributed by atoms with van der Waals surface area (Å²) in [6, 6.07) is 14.5. The van der Waals surface area contributed by atoms with E-state index >= 15 is 0 Å². The van der Waals surface area contributed by atoms with Crippen LogP contribution in [0.1, 0.15) is 24.2 Å². The summed E-state index contributed by atoms with van der Waals surface area (Å²) >= 11 is 5.36. The summed E-state index contributed by atoms with van der Waals surface area (Å²) in [7, 11) is -3.20. The molecule has 1 aliphatic heterocycles. The predicted octanol–water partition coefficient (Wildman–Crippen LogP) is 2.68. The van der Waals surface area contributed by atoms with Crippen molar-refractivity contribution in [3.63, 3.8) is 0 Å². The van der Waals surface area contributed by atoms with Crippen LogP contribution in [0.25, 0.3) is 0 Å². The normalized spacial score (nSPS) is 14.8. The number of benzene rings is 2. The summed E-state index contributed by atoms with van der Waals surface area (Å²) in [5.74, 6) is 0.279. The van der Waals surface area contributed by atoms with E-state index in [1.54, 1.807) is 24.3 Å². The predicted molar refractivity (Wildman–Crippen MR) is 131 cm³/mol. The van der Waals surface area contributed by atoms with Gasteiger partial charge in [-0.25, -0.2) is 8.42 Å². The first-order valence-corrected chi connectivity index (χ1v) is 12.6. The van der Waals surface area contributed by atoms with Gasteiger partial charge < -0.3 is 15.0 Å². The van der Waals surface area contributed by atoms with Gasteiger partial charge in [-0.1, -0.05) is 18.2 Å². The van der Waals surface area contributed by atoms with Crippen LogP contribution in [-0.4, -0.2) is 62.3 Å². The number of thiocarbonyl (C=S) groups is 1. The number of sulfonamides is 1. The highest BCUT2D eigenvalue weighted by Gasteiger charge is 2.24. The van der Waals surface area contributed by atoms with Crippen LogP contribution in [0.3, 0.4) is 0 Å². The van der Waals surface area contributed by atoms with Gasteiger partial charge in [0, 0.05) is 31.7 Å². The van der Waals surface area contributed by atoms with Crippen LogP contribution < -0.4 is 20.3 Å². The Labute approximate surface area is 194 Å². The fourth-order valence-corrected chi connectivity index (χ4v) is 4.46. The lowest BCUT2D eigenvalue weighted by Gasteiger charge is -2.35. The zero-order chi connectivity index (χ0) is 23.3. The van der Waals surface area contributed by atoms with E-state index in [0.29, 0.717) is 37.5 Å². The summed E-state index contributed by atoms with van der Waals surface area (Å²) in [4.78, 5) is 14.7. The second-order valence-electron chi connectivity index (χ2n) is 7.77. The van der Waals surface area contributed by atoms with Crippen molar-refractivity contribution in [3.05, 3.63) is 54.1 Å². The molecule has 3 rings (SSSR count). The van der Waals surface area contributed by atoms with Crippen LogP contribution in [0.2, 0.25) is 0 Å². The number of rotatable bonds is 6. The molecule has 0 saturated carbocycles. The first-order valence-electron chi connectivity index (χ1n) is 10.3. The molecule has 1 amide bonds. The minimum Gasteiger partial charge on any atom is -0.491 e. The molecule has 0 bridgehead atoms. The molecule has 172 valence electrons. The van der Waals surface area contributed by atoms with E-state index in [-0.39, 0.29) is 17.1 Å². The van der Waals surface area contributed by atoms with E-state index in [1.165, 1.54) is 10.6 Å². The third kappa shape index (κ3) is 6.41. The molecule has 1 fully saturated rings. The summed E-state index contributed by atoms with van der Waals surface area (Å²) in [6.07, 6.45) is 1.23. The van der Waals surface area contributed by atoms with Crippen molar-refractivity contribution in [3.8, 4) is 5.75 Å². The van der Waals surface area contributed by atoms with Gasteiger partial charge in [0.15, 0.2) is 5.11 Å². The highest BCUT2D eigenvalue weighted by atomic mass is 32.2. The monoisotopic (exact) mass is 476 g/mol. The standard InChI is InChI=1S/C22H28N4O4S2/c1-16(2)30-18-8-6-7-17(15-18)21(27)24-22(31)23-19-9-4-5-10-20(19)25-11-13-26(14-12-25)32(3,28)29/h4-10,15-16H,11-14H2,1-3H3,(H2,23,24,27,31). The maximum atomic E-state index is 12.6. The number of ether oxygens (including phenoxy) is 1. The number of anilines is 2. The highest BCUT2D eigenvalue weighted by Crippen LogP contribution is 2.27. The summed E-state index contributed by atoms with van der Waals surface area (Å²) < 4.78 is 30.6. The Kier molecular flexibility index (Phi) is 7.70. The quantitative estimate of drug-likeness (QED) is 0.620. The van der Waals surface area contributed by atoms with Crippen LogP contribution in [-0.2, 0) is 10.0 Å². The van der Waals surface area contributed by atoms with E-state index in [1.807, 2.05) is 38.1 Å². The lowest BCUT2D eigenvalue weighted by molar-refractivity contribution is 0.0977. The van der Waals surface area contributed by atoms with Gasteiger partial charge in [0.1, 0.15) is 5.75 Å². The number of amides is 1. The number of piperazine rings is 1. The molecule has 1 saturated heterocycles. The molecular formula is C22H28N4O4S2. The number of hydrogen-bond donors (Lipinski definition) is 2. The second-order valence-corrected chi connectivity index (χ2v) is 10.2. The highest BCUT2D eigenvalue weighted by molar-refractivity contribution is 7.88. The van der Waals surface area contributed by atoms with Gasteiger partial charge in [-0.3, -0.25) is 10.1 Å². The average Bonchev–Trinajstić information content (AvgIpc) is 2.73. The topological polar surface area (TPSA) is 91.0 Å². The Hall–Kier alpha value is -2.69. The van der Waals surface area contributed by atoms with Gasteiger partial charge in [-0.2, -0.15) is 4.31 Å². The maximum Gasteiger partial charge on any atom is 0.257 e. The first-order chi connectivity index (χ1) is 15.1. The summed E-state index contributed by atoms with van der Waals surface area (Å²) in [5.41, 5.74) is 2.07. The number of para-hydroxylation sites is 2. The third-order valence-corrected chi connectivity index (χ3v) is 6.40. The number of nitrogens with zero attached hydrogens (tertiary/aromatic N) is 2. The molecule has 0 aliphatic carbocycles. The van der Waals surface area contributed by atoms with Gasteiger partial charge in [-0.15, -0.1) is 0 Å². The van der Waals surface area contributed by atoms with Crippen LogP contribution in [0.4, 0.5) is 11.4 Å². The molecule has 8 nitrogen and oxygen atoms in total. The van der Waals surface area contributed by atoms with Crippen molar-refractivity contribution in [2.45, 2.75) is 20.0 Å². The molecule has 1 aliphatic rings. The summed E-state index contributed by atoms with van der Waals surface area (Å²) in [5, 5.41) is 5.97. The number of carbonyl (C=O) groups excluding carboxylic acids is 1. The summed E-state index contributed by atoms with van der Waals surface area (Å²) in [6.45, 7) is 5.81. The molecule has 0 aromatic heterocycles. The van der Waals surface area contributed by atoms with E-state index in [2.05, 4.69) is 15.5 Å². The molecule has 0 unspecified atom stereocenters. The first kappa shape index (κ1) is 24.0. The minimum absolute atomic E-state index is 0.00635. The molecule has 0 spiro atoms. The second kappa shape index (κ2) is 10.3. The number of hydrogen-bond acceptors (Lipinski definition) is 6. The van der Waals surface area contributed by atoms with Crippen molar-refractivity contribution in [2.75, 3.05) is 42.7 Å². The molecule has 1 heterocycles. The van der Waals surface area contributed by atoms with Crippen molar-refractivity contribution in [2.24, 2.45) is 0 Å². The Morgan fingerprint density at radius 2 is 1.75 bits per heavy atom. The molecule has 2 aromatic carbocycles. The van der Waals surface area contributed by atoms with Crippen molar-refractivity contribution in [1.29, 1.82) is 0 Å². The van der Waals surface area contributed by atoms with Gasteiger partial charge in [0.2, 0.25) is 10.0 Å². The van der Waals surface area contributed by atoms with E-state index in [0.717, 1.165) is 11.4 Å². The fourth-order valence-electron chi connectivity index (χ4n) is 3.43. The number of nitrogens with one attached hydrogen (secondary N) is 2.